The third-order valence-corrected chi connectivity index (χ3v) is 9.03. The molecule has 0 spiro atoms. The van der Waals surface area contributed by atoms with Crippen molar-refractivity contribution in [2.24, 2.45) is 5.92 Å². The summed E-state index contributed by atoms with van der Waals surface area (Å²) in [5, 5.41) is 9.95. The van der Waals surface area contributed by atoms with E-state index in [1.54, 1.807) is 36.1 Å². The summed E-state index contributed by atoms with van der Waals surface area (Å²) >= 11 is 0. The number of likely N-dealkylation sites (N-methyl/N-ethyl adjacent to an activating group) is 1. The number of benzene rings is 3. The minimum absolute atomic E-state index is 0.0602. The Balaban J connectivity index is 1.40. The van der Waals surface area contributed by atoms with E-state index in [0.717, 1.165) is 22.6 Å². The summed E-state index contributed by atoms with van der Waals surface area (Å²) in [6.45, 7) is 7.28. The third-order valence-electron chi connectivity index (χ3n) is 7.63. The zero-order valence-electron chi connectivity index (χ0n) is 24.2. The van der Waals surface area contributed by atoms with E-state index >= 15 is 0 Å². The van der Waals surface area contributed by atoms with E-state index in [4.69, 9.17) is 14.2 Å². The molecule has 2 heterocycles. The van der Waals surface area contributed by atoms with Crippen LogP contribution in [-0.4, -0.2) is 74.9 Å². The summed E-state index contributed by atoms with van der Waals surface area (Å²) in [5.41, 5.74) is 2.49. The van der Waals surface area contributed by atoms with E-state index in [1.165, 1.54) is 18.2 Å². The van der Waals surface area contributed by atoms with Gasteiger partial charge in [-0.25, -0.2) is 8.42 Å². The second-order valence-electron chi connectivity index (χ2n) is 11.1. The van der Waals surface area contributed by atoms with Gasteiger partial charge in [-0.05, 0) is 68.9 Å². The zero-order chi connectivity index (χ0) is 30.0. The topological polar surface area (TPSA) is 118 Å². The number of aryl methyl sites for hydroxylation is 1. The molecule has 0 saturated heterocycles. The summed E-state index contributed by atoms with van der Waals surface area (Å²) < 4.78 is 46.1. The quantitative estimate of drug-likeness (QED) is 0.383. The number of sulfonamides is 1. The fourth-order valence-electron chi connectivity index (χ4n) is 5.16. The number of fused-ring (bicyclic) bond motifs is 2. The van der Waals surface area contributed by atoms with Crippen molar-refractivity contribution in [3.63, 3.8) is 0 Å². The van der Waals surface area contributed by atoms with Gasteiger partial charge in [0.1, 0.15) is 11.9 Å². The Morgan fingerprint density at radius 3 is 2.50 bits per heavy atom. The second kappa shape index (κ2) is 12.2. The number of anilines is 1. The van der Waals surface area contributed by atoms with Crippen molar-refractivity contribution in [2.75, 3.05) is 38.3 Å². The Hall–Kier alpha value is -3.80. The SMILES string of the molecule is Cc1ccc(S(=O)(=O)Nc2ccc3c(c2)C(=O)N([C@H](C)CO)C[C@@H](C)[C@@H](CN(C)Cc2ccc4c(c2)OCO4)O3)cc1. The normalized spacial score (nSPS) is 19.1. The fourth-order valence-corrected chi connectivity index (χ4v) is 6.21. The molecule has 3 aromatic carbocycles. The van der Waals surface area contributed by atoms with Crippen LogP contribution in [0.25, 0.3) is 0 Å². The lowest BCUT2D eigenvalue weighted by molar-refractivity contribution is 0.0341. The molecule has 0 saturated carbocycles. The van der Waals surface area contributed by atoms with Gasteiger partial charge in [-0.1, -0.05) is 30.7 Å². The van der Waals surface area contributed by atoms with Crippen LogP contribution in [0.1, 0.15) is 35.3 Å². The summed E-state index contributed by atoms with van der Waals surface area (Å²) in [6, 6.07) is 16.7. The average Bonchev–Trinajstić information content (AvgIpc) is 3.43. The number of hydrogen-bond donors (Lipinski definition) is 2. The van der Waals surface area contributed by atoms with Crippen molar-refractivity contribution in [1.29, 1.82) is 0 Å². The van der Waals surface area contributed by atoms with Crippen molar-refractivity contribution in [1.82, 2.24) is 9.80 Å². The number of carbonyl (C=O) groups excluding carboxylic acids is 1. The highest BCUT2D eigenvalue weighted by molar-refractivity contribution is 7.92. The molecule has 11 heteroatoms. The first-order valence-corrected chi connectivity index (χ1v) is 15.4. The largest absolute Gasteiger partial charge is 0.488 e. The average molecular weight is 596 g/mol. The van der Waals surface area contributed by atoms with Gasteiger partial charge >= 0.3 is 0 Å². The van der Waals surface area contributed by atoms with Gasteiger partial charge in [-0.15, -0.1) is 0 Å². The van der Waals surface area contributed by atoms with Crippen LogP contribution in [0.3, 0.4) is 0 Å². The molecular weight excluding hydrogens is 558 g/mol. The number of rotatable bonds is 9. The Kier molecular flexibility index (Phi) is 8.63. The predicted molar refractivity (Wildman–Crippen MR) is 158 cm³/mol. The molecule has 2 aliphatic rings. The van der Waals surface area contributed by atoms with Crippen LogP contribution in [0.5, 0.6) is 17.2 Å². The Labute approximate surface area is 246 Å². The first-order valence-electron chi connectivity index (χ1n) is 13.9. The number of amides is 1. The van der Waals surface area contributed by atoms with Crippen LogP contribution in [0, 0.1) is 12.8 Å². The van der Waals surface area contributed by atoms with E-state index in [1.807, 2.05) is 39.1 Å². The third kappa shape index (κ3) is 6.48. The number of aliphatic hydroxyl groups is 1. The first kappa shape index (κ1) is 29.7. The summed E-state index contributed by atoms with van der Waals surface area (Å²) in [4.78, 5) is 17.6. The molecule has 0 unspecified atom stereocenters. The molecule has 3 atom stereocenters. The van der Waals surface area contributed by atoms with Gasteiger partial charge < -0.3 is 24.2 Å². The Morgan fingerprint density at radius 2 is 1.76 bits per heavy atom. The molecule has 224 valence electrons. The fraction of sp³-hybridized carbons (Fsp3) is 0.387. The Bertz CT molecular complexity index is 1540. The molecule has 2 aliphatic heterocycles. The number of ether oxygens (including phenoxy) is 3. The summed E-state index contributed by atoms with van der Waals surface area (Å²) in [6.07, 6.45) is -0.292. The molecular formula is C31H37N3O7S. The standard InChI is InChI=1S/C31H37N3O7S/c1-20-5-9-25(10-6-20)42(37,38)32-24-8-12-27-26(14-24)31(36)34(22(3)18-35)15-21(2)30(41-27)17-33(4)16-23-7-11-28-29(13-23)40-19-39-28/h5-14,21-22,30,32,35H,15-19H2,1-4H3/t21-,22-,30-/m1/s1. The van der Waals surface area contributed by atoms with E-state index in [0.29, 0.717) is 25.4 Å². The van der Waals surface area contributed by atoms with Gasteiger partial charge in [0.25, 0.3) is 15.9 Å². The minimum Gasteiger partial charge on any atom is -0.488 e. The zero-order valence-corrected chi connectivity index (χ0v) is 25.1. The van der Waals surface area contributed by atoms with Gasteiger partial charge in [0.2, 0.25) is 6.79 Å². The lowest BCUT2D eigenvalue weighted by Gasteiger charge is -2.38. The highest BCUT2D eigenvalue weighted by Crippen LogP contribution is 2.34. The van der Waals surface area contributed by atoms with Gasteiger partial charge in [0.05, 0.1) is 23.1 Å². The lowest BCUT2D eigenvalue weighted by Crippen LogP contribution is -2.49. The highest BCUT2D eigenvalue weighted by Gasteiger charge is 2.34. The molecule has 0 bridgehead atoms. The predicted octanol–water partition coefficient (Wildman–Crippen LogP) is 3.88. The summed E-state index contributed by atoms with van der Waals surface area (Å²) in [7, 11) is -1.87. The van der Waals surface area contributed by atoms with E-state index in [2.05, 4.69) is 9.62 Å². The molecule has 3 aromatic rings. The van der Waals surface area contributed by atoms with Crippen molar-refractivity contribution < 1.29 is 32.5 Å². The van der Waals surface area contributed by atoms with Gasteiger partial charge in [-0.3, -0.25) is 14.4 Å². The van der Waals surface area contributed by atoms with Gasteiger partial charge in [-0.2, -0.15) is 0 Å². The van der Waals surface area contributed by atoms with Crippen LogP contribution in [0.2, 0.25) is 0 Å². The second-order valence-corrected chi connectivity index (χ2v) is 12.8. The van der Waals surface area contributed by atoms with Gasteiger partial charge in [0.15, 0.2) is 11.5 Å². The van der Waals surface area contributed by atoms with Gasteiger partial charge in [0, 0.05) is 31.2 Å². The van der Waals surface area contributed by atoms with Crippen molar-refractivity contribution in [3.05, 3.63) is 77.4 Å². The number of nitrogens with zero attached hydrogens (tertiary/aromatic N) is 2. The maximum Gasteiger partial charge on any atom is 0.261 e. The molecule has 0 aromatic heterocycles. The molecule has 0 radical (unpaired) electrons. The number of nitrogens with one attached hydrogen (secondary N) is 1. The first-order chi connectivity index (χ1) is 20.0. The maximum absolute atomic E-state index is 13.7. The minimum atomic E-state index is -3.87. The Morgan fingerprint density at radius 1 is 1.05 bits per heavy atom. The smallest absolute Gasteiger partial charge is 0.261 e. The van der Waals surface area contributed by atoms with E-state index in [9.17, 15) is 18.3 Å². The van der Waals surface area contributed by atoms with Crippen molar-refractivity contribution in [2.45, 2.75) is 44.4 Å². The molecule has 0 fully saturated rings. The molecule has 1 amide bonds. The maximum atomic E-state index is 13.7. The number of carbonyl (C=O) groups is 1. The molecule has 5 rings (SSSR count). The lowest BCUT2D eigenvalue weighted by atomic mass is 9.99. The number of hydrogen-bond acceptors (Lipinski definition) is 8. The highest BCUT2D eigenvalue weighted by atomic mass is 32.2. The molecule has 2 N–H and O–H groups in total. The van der Waals surface area contributed by atoms with E-state index in [-0.39, 0.29) is 47.5 Å². The summed E-state index contributed by atoms with van der Waals surface area (Å²) in [5.74, 6) is 1.43. The van der Waals surface area contributed by atoms with Crippen LogP contribution in [-0.2, 0) is 16.6 Å². The van der Waals surface area contributed by atoms with Crippen LogP contribution in [0.4, 0.5) is 5.69 Å². The van der Waals surface area contributed by atoms with Crippen LogP contribution < -0.4 is 18.9 Å². The molecule has 42 heavy (non-hydrogen) atoms. The van der Waals surface area contributed by atoms with E-state index < -0.39 is 16.1 Å². The van der Waals surface area contributed by atoms with Crippen LogP contribution in [0.15, 0.2) is 65.6 Å². The van der Waals surface area contributed by atoms with Crippen LogP contribution >= 0.6 is 0 Å². The molecule has 0 aliphatic carbocycles. The number of aliphatic hydroxyl groups excluding tert-OH is 1. The monoisotopic (exact) mass is 595 g/mol. The molecule has 10 nitrogen and oxygen atoms in total. The van der Waals surface area contributed by atoms with Crippen molar-refractivity contribution in [3.8, 4) is 17.2 Å². The van der Waals surface area contributed by atoms with Crippen molar-refractivity contribution >= 4 is 21.6 Å².